The van der Waals surface area contributed by atoms with Crippen LogP contribution < -0.4 is 10.3 Å². The number of aromatic nitrogens is 2. The Bertz CT molecular complexity index is 341. The number of rotatable bonds is 3. The van der Waals surface area contributed by atoms with Crippen LogP contribution in [0.3, 0.4) is 0 Å². The van der Waals surface area contributed by atoms with Gasteiger partial charge in [-0.05, 0) is 26.2 Å². The van der Waals surface area contributed by atoms with Gasteiger partial charge in [-0.25, -0.2) is 0 Å². The molecule has 1 aliphatic rings. The van der Waals surface area contributed by atoms with E-state index in [-0.39, 0.29) is 0 Å². The Morgan fingerprint density at radius 1 is 1.40 bits per heavy atom. The highest BCUT2D eigenvalue weighted by Gasteiger charge is 2.13. The number of amides is 1. The van der Waals surface area contributed by atoms with Gasteiger partial charge in [0.05, 0.1) is 6.20 Å². The standard InChI is InChI=1S/C10H16N4O/c1-9-7-14(12-10(9)11-8-15)13-5-3-2-4-6-13/h7-8H,2-6H2,1H3,(H,11,12,15). The van der Waals surface area contributed by atoms with Gasteiger partial charge in [0.25, 0.3) is 0 Å². The molecule has 82 valence electrons. The highest BCUT2D eigenvalue weighted by atomic mass is 16.1. The monoisotopic (exact) mass is 208 g/mol. The molecule has 1 fully saturated rings. The fraction of sp³-hybridized carbons (Fsp3) is 0.600. The van der Waals surface area contributed by atoms with Crippen LogP contribution in [-0.2, 0) is 4.79 Å². The van der Waals surface area contributed by atoms with E-state index < -0.39 is 0 Å². The normalized spacial score (nSPS) is 16.5. The number of hydrogen-bond acceptors (Lipinski definition) is 3. The van der Waals surface area contributed by atoms with Crippen LogP contribution in [0.25, 0.3) is 0 Å². The van der Waals surface area contributed by atoms with Crippen LogP contribution in [0.15, 0.2) is 6.20 Å². The lowest BCUT2D eigenvalue weighted by Gasteiger charge is -2.28. The fourth-order valence-electron chi connectivity index (χ4n) is 1.87. The van der Waals surface area contributed by atoms with E-state index in [2.05, 4.69) is 15.4 Å². The SMILES string of the molecule is Cc1cn(N2CCCCC2)nc1NC=O. The lowest BCUT2D eigenvalue weighted by Crippen LogP contribution is -2.39. The number of nitrogens with one attached hydrogen (secondary N) is 1. The highest BCUT2D eigenvalue weighted by Crippen LogP contribution is 2.13. The molecule has 1 saturated heterocycles. The smallest absolute Gasteiger partial charge is 0.212 e. The lowest BCUT2D eigenvalue weighted by atomic mass is 10.2. The highest BCUT2D eigenvalue weighted by molar-refractivity contribution is 5.70. The van der Waals surface area contributed by atoms with Gasteiger partial charge in [0, 0.05) is 18.7 Å². The minimum atomic E-state index is 0.649. The van der Waals surface area contributed by atoms with Gasteiger partial charge < -0.3 is 5.32 Å². The Morgan fingerprint density at radius 3 is 2.80 bits per heavy atom. The summed E-state index contributed by atoms with van der Waals surface area (Å²) in [5.41, 5.74) is 0.993. The van der Waals surface area contributed by atoms with Crippen LogP contribution in [0.4, 0.5) is 5.82 Å². The minimum Gasteiger partial charge on any atom is -0.312 e. The predicted molar refractivity (Wildman–Crippen MR) is 58.5 cm³/mol. The summed E-state index contributed by atoms with van der Waals surface area (Å²) in [5.74, 6) is 0.649. The third-order valence-electron chi connectivity index (χ3n) is 2.70. The van der Waals surface area contributed by atoms with Crippen molar-refractivity contribution in [2.75, 3.05) is 23.4 Å². The van der Waals surface area contributed by atoms with E-state index in [1.54, 1.807) is 0 Å². The molecule has 1 N–H and O–H groups in total. The number of piperidine rings is 1. The molecule has 15 heavy (non-hydrogen) atoms. The van der Waals surface area contributed by atoms with Crippen LogP contribution in [0.2, 0.25) is 0 Å². The Hall–Kier alpha value is -1.52. The van der Waals surface area contributed by atoms with E-state index >= 15 is 0 Å². The Labute approximate surface area is 89.0 Å². The van der Waals surface area contributed by atoms with Crippen molar-refractivity contribution >= 4 is 12.2 Å². The second-order valence-corrected chi connectivity index (χ2v) is 3.86. The summed E-state index contributed by atoms with van der Waals surface area (Å²) in [6.45, 7) is 4.03. The summed E-state index contributed by atoms with van der Waals surface area (Å²) >= 11 is 0. The Morgan fingerprint density at radius 2 is 2.13 bits per heavy atom. The summed E-state index contributed by atoms with van der Waals surface area (Å²) in [6.07, 6.45) is 6.36. The molecule has 0 radical (unpaired) electrons. The van der Waals surface area contributed by atoms with Crippen molar-refractivity contribution in [2.45, 2.75) is 26.2 Å². The third-order valence-corrected chi connectivity index (χ3v) is 2.70. The average molecular weight is 208 g/mol. The van der Waals surface area contributed by atoms with Crippen molar-refractivity contribution in [1.82, 2.24) is 9.89 Å². The van der Waals surface area contributed by atoms with Crippen molar-refractivity contribution in [3.63, 3.8) is 0 Å². The maximum atomic E-state index is 10.3. The molecule has 2 heterocycles. The van der Waals surface area contributed by atoms with E-state index in [0.29, 0.717) is 12.2 Å². The van der Waals surface area contributed by atoms with Gasteiger partial charge in [0.15, 0.2) is 5.82 Å². The molecule has 5 heteroatoms. The van der Waals surface area contributed by atoms with Crippen molar-refractivity contribution in [2.24, 2.45) is 0 Å². The van der Waals surface area contributed by atoms with Crippen LogP contribution in [0, 0.1) is 6.92 Å². The molecule has 0 saturated carbocycles. The minimum absolute atomic E-state index is 0.649. The topological polar surface area (TPSA) is 50.2 Å². The molecule has 2 rings (SSSR count). The zero-order chi connectivity index (χ0) is 10.7. The lowest BCUT2D eigenvalue weighted by molar-refractivity contribution is -0.105. The second-order valence-electron chi connectivity index (χ2n) is 3.86. The molecule has 1 aromatic rings. The first-order valence-electron chi connectivity index (χ1n) is 5.33. The number of aryl methyl sites for hydroxylation is 1. The van der Waals surface area contributed by atoms with Crippen molar-refractivity contribution in [1.29, 1.82) is 0 Å². The van der Waals surface area contributed by atoms with Crippen LogP contribution in [0.5, 0.6) is 0 Å². The molecular weight excluding hydrogens is 192 g/mol. The van der Waals surface area contributed by atoms with E-state index in [9.17, 15) is 4.79 Å². The first-order valence-corrected chi connectivity index (χ1v) is 5.33. The molecule has 0 bridgehead atoms. The Balaban J connectivity index is 2.13. The van der Waals surface area contributed by atoms with E-state index in [1.165, 1.54) is 19.3 Å². The van der Waals surface area contributed by atoms with Gasteiger partial charge in [-0.15, -0.1) is 5.10 Å². The largest absolute Gasteiger partial charge is 0.312 e. The summed E-state index contributed by atoms with van der Waals surface area (Å²) in [6, 6.07) is 0. The summed E-state index contributed by atoms with van der Waals surface area (Å²) in [4.78, 5) is 12.2. The molecule has 1 amide bonds. The van der Waals surface area contributed by atoms with Gasteiger partial charge in [-0.3, -0.25) is 9.80 Å². The van der Waals surface area contributed by atoms with Crippen LogP contribution >= 0.6 is 0 Å². The molecule has 0 aliphatic carbocycles. The molecule has 5 nitrogen and oxygen atoms in total. The first-order chi connectivity index (χ1) is 7.31. The number of carbonyl (C=O) groups excluding carboxylic acids is 1. The quantitative estimate of drug-likeness (QED) is 0.750. The van der Waals surface area contributed by atoms with Gasteiger partial charge in [0.1, 0.15) is 0 Å². The number of hydrogen-bond donors (Lipinski definition) is 1. The van der Waals surface area contributed by atoms with Gasteiger partial charge in [-0.1, -0.05) is 0 Å². The number of carbonyl (C=O) groups is 1. The van der Waals surface area contributed by atoms with Crippen molar-refractivity contribution < 1.29 is 4.79 Å². The van der Waals surface area contributed by atoms with Crippen molar-refractivity contribution in [3.05, 3.63) is 11.8 Å². The first kappa shape index (κ1) is 10.0. The predicted octanol–water partition coefficient (Wildman–Crippen LogP) is 0.882. The molecule has 0 unspecified atom stereocenters. The summed E-state index contributed by atoms with van der Waals surface area (Å²) in [5, 5.41) is 9.12. The molecule has 0 spiro atoms. The molecule has 0 atom stereocenters. The third kappa shape index (κ3) is 2.11. The maximum absolute atomic E-state index is 10.3. The van der Waals surface area contributed by atoms with Gasteiger partial charge >= 0.3 is 0 Å². The number of anilines is 1. The van der Waals surface area contributed by atoms with Crippen LogP contribution in [0.1, 0.15) is 24.8 Å². The van der Waals surface area contributed by atoms with Gasteiger partial charge in [0.2, 0.25) is 6.41 Å². The summed E-state index contributed by atoms with van der Waals surface area (Å²) < 4.78 is 0. The molecular formula is C10H16N4O. The van der Waals surface area contributed by atoms with Crippen LogP contribution in [-0.4, -0.2) is 29.4 Å². The van der Waals surface area contributed by atoms with Crippen molar-refractivity contribution in [3.8, 4) is 0 Å². The average Bonchev–Trinajstić information content (AvgIpc) is 2.63. The zero-order valence-corrected chi connectivity index (χ0v) is 8.94. The molecule has 1 aromatic heterocycles. The van der Waals surface area contributed by atoms with E-state index in [1.807, 2.05) is 17.9 Å². The zero-order valence-electron chi connectivity index (χ0n) is 8.94. The van der Waals surface area contributed by atoms with E-state index in [0.717, 1.165) is 18.7 Å². The van der Waals surface area contributed by atoms with Gasteiger partial charge in [-0.2, -0.15) is 4.79 Å². The number of nitrogens with zero attached hydrogens (tertiary/aromatic N) is 3. The summed E-state index contributed by atoms with van der Waals surface area (Å²) in [7, 11) is 0. The molecule has 1 aliphatic heterocycles. The van der Waals surface area contributed by atoms with E-state index in [4.69, 9.17) is 0 Å². The fourth-order valence-corrected chi connectivity index (χ4v) is 1.87. The molecule has 0 aromatic carbocycles. The Kier molecular flexibility index (Phi) is 2.89. The maximum Gasteiger partial charge on any atom is 0.212 e. The second kappa shape index (κ2) is 4.33.